The van der Waals surface area contributed by atoms with Crippen molar-refractivity contribution < 1.29 is 14.3 Å². The molecule has 1 aromatic carbocycles. The highest BCUT2D eigenvalue weighted by Gasteiger charge is 2.36. The standard InChI is InChI=1S/C26H37N3O3S/c1-7-12-27-25(31)29(26(4,5)6)16-24(30)28-13-10-23-20(11-14-33-23)21(28)17-32-22-9-8-18(2)15-19(22)3/h8-9,11,14-15,21H,7,10,12-13,16-17H2,1-6H3,(H,27,31)/t21-/m0/s1. The van der Waals surface area contributed by atoms with E-state index in [2.05, 4.69) is 29.8 Å². The Hall–Kier alpha value is -2.54. The maximum absolute atomic E-state index is 13.6. The van der Waals surface area contributed by atoms with E-state index in [1.807, 2.05) is 51.7 Å². The van der Waals surface area contributed by atoms with Crippen molar-refractivity contribution in [1.29, 1.82) is 0 Å². The Morgan fingerprint density at radius 2 is 2.00 bits per heavy atom. The molecule has 1 N–H and O–H groups in total. The predicted molar refractivity (Wildman–Crippen MR) is 134 cm³/mol. The van der Waals surface area contributed by atoms with Crippen molar-refractivity contribution in [3.63, 3.8) is 0 Å². The van der Waals surface area contributed by atoms with Gasteiger partial charge in [0.2, 0.25) is 5.91 Å². The van der Waals surface area contributed by atoms with Gasteiger partial charge in [0.25, 0.3) is 0 Å². The summed E-state index contributed by atoms with van der Waals surface area (Å²) in [7, 11) is 0. The molecule has 1 aliphatic heterocycles. The molecule has 2 heterocycles. The minimum Gasteiger partial charge on any atom is -0.491 e. The Balaban J connectivity index is 1.80. The number of urea groups is 1. The van der Waals surface area contributed by atoms with Crippen LogP contribution in [0.25, 0.3) is 0 Å². The van der Waals surface area contributed by atoms with Gasteiger partial charge >= 0.3 is 6.03 Å². The van der Waals surface area contributed by atoms with Crippen LogP contribution in [0.5, 0.6) is 5.75 Å². The van der Waals surface area contributed by atoms with E-state index in [9.17, 15) is 9.59 Å². The Kier molecular flexibility index (Phi) is 8.05. The van der Waals surface area contributed by atoms with E-state index in [0.717, 1.165) is 29.7 Å². The number of fused-ring (bicyclic) bond motifs is 1. The van der Waals surface area contributed by atoms with Gasteiger partial charge in [0.05, 0.1) is 6.04 Å². The smallest absolute Gasteiger partial charge is 0.318 e. The van der Waals surface area contributed by atoms with Crippen LogP contribution in [0.4, 0.5) is 4.79 Å². The molecule has 0 unspecified atom stereocenters. The zero-order valence-corrected chi connectivity index (χ0v) is 21.6. The van der Waals surface area contributed by atoms with Crippen LogP contribution in [0.1, 0.15) is 61.7 Å². The molecule has 0 aliphatic carbocycles. The number of hydrogen-bond donors (Lipinski definition) is 1. The van der Waals surface area contributed by atoms with Crippen LogP contribution < -0.4 is 10.1 Å². The van der Waals surface area contributed by atoms with Crippen molar-refractivity contribution >= 4 is 23.3 Å². The number of benzene rings is 1. The van der Waals surface area contributed by atoms with E-state index >= 15 is 0 Å². The number of carbonyl (C=O) groups excluding carboxylic acids is 2. The van der Waals surface area contributed by atoms with Crippen molar-refractivity contribution in [3.05, 3.63) is 51.2 Å². The van der Waals surface area contributed by atoms with Gasteiger partial charge in [-0.15, -0.1) is 11.3 Å². The van der Waals surface area contributed by atoms with E-state index in [-0.39, 0.29) is 24.5 Å². The molecule has 0 radical (unpaired) electrons. The molecule has 1 atom stereocenters. The second kappa shape index (κ2) is 10.6. The normalized spacial score (nSPS) is 15.7. The Morgan fingerprint density at radius 1 is 1.24 bits per heavy atom. The van der Waals surface area contributed by atoms with E-state index in [4.69, 9.17) is 4.74 Å². The van der Waals surface area contributed by atoms with Gasteiger partial charge in [0.1, 0.15) is 18.9 Å². The summed E-state index contributed by atoms with van der Waals surface area (Å²) >= 11 is 1.73. The molecule has 0 saturated carbocycles. The quantitative estimate of drug-likeness (QED) is 0.612. The maximum Gasteiger partial charge on any atom is 0.318 e. The molecule has 6 nitrogen and oxygen atoms in total. The Bertz CT molecular complexity index is 979. The fourth-order valence-corrected chi connectivity index (χ4v) is 5.10. The van der Waals surface area contributed by atoms with Crippen LogP contribution in [0.3, 0.4) is 0 Å². The third-order valence-electron chi connectivity index (χ3n) is 6.02. The van der Waals surface area contributed by atoms with Gasteiger partial charge in [0, 0.05) is 23.5 Å². The number of hydrogen-bond acceptors (Lipinski definition) is 4. The van der Waals surface area contributed by atoms with Crippen molar-refractivity contribution in [2.75, 3.05) is 26.2 Å². The SMILES string of the molecule is CCCNC(=O)N(CC(=O)N1CCc2sccc2[C@@H]1COc1ccc(C)cc1C)C(C)(C)C. The molecule has 33 heavy (non-hydrogen) atoms. The second-order valence-electron chi connectivity index (χ2n) is 9.72. The van der Waals surface area contributed by atoms with Gasteiger partial charge in [-0.3, -0.25) is 4.79 Å². The van der Waals surface area contributed by atoms with Crippen LogP contribution in [-0.4, -0.2) is 53.5 Å². The van der Waals surface area contributed by atoms with Gasteiger partial charge in [-0.05, 0) is 76.1 Å². The number of aryl methyl sites for hydroxylation is 2. The molecule has 0 saturated heterocycles. The van der Waals surface area contributed by atoms with Crippen LogP contribution >= 0.6 is 11.3 Å². The lowest BCUT2D eigenvalue weighted by molar-refractivity contribution is -0.136. The van der Waals surface area contributed by atoms with Crippen LogP contribution in [0.15, 0.2) is 29.6 Å². The summed E-state index contributed by atoms with van der Waals surface area (Å²) < 4.78 is 6.23. The number of nitrogens with zero attached hydrogens (tertiary/aromatic N) is 2. The first-order valence-electron chi connectivity index (χ1n) is 11.7. The first-order valence-corrected chi connectivity index (χ1v) is 12.6. The average molecular weight is 472 g/mol. The lowest BCUT2D eigenvalue weighted by Gasteiger charge is -2.40. The van der Waals surface area contributed by atoms with E-state index in [1.165, 1.54) is 10.4 Å². The number of ether oxygens (including phenoxy) is 1. The zero-order chi connectivity index (χ0) is 24.2. The van der Waals surface area contributed by atoms with Gasteiger partial charge in [-0.1, -0.05) is 24.6 Å². The maximum atomic E-state index is 13.6. The highest BCUT2D eigenvalue weighted by molar-refractivity contribution is 7.10. The minimum absolute atomic E-state index is 0.0403. The lowest BCUT2D eigenvalue weighted by atomic mass is 10.00. The van der Waals surface area contributed by atoms with E-state index in [1.54, 1.807) is 16.2 Å². The molecule has 7 heteroatoms. The number of rotatable bonds is 7. The van der Waals surface area contributed by atoms with Crippen molar-refractivity contribution in [1.82, 2.24) is 15.1 Å². The summed E-state index contributed by atoms with van der Waals surface area (Å²) in [4.78, 5) is 31.2. The molecular weight excluding hydrogens is 434 g/mol. The number of carbonyl (C=O) groups is 2. The Morgan fingerprint density at radius 3 is 2.67 bits per heavy atom. The summed E-state index contributed by atoms with van der Waals surface area (Å²) in [6.45, 7) is 13.6. The molecule has 1 aromatic heterocycles. The minimum atomic E-state index is -0.470. The molecular formula is C26H37N3O3S. The van der Waals surface area contributed by atoms with Gasteiger partial charge in [-0.25, -0.2) is 4.79 Å². The summed E-state index contributed by atoms with van der Waals surface area (Å²) in [5, 5.41) is 5.01. The molecule has 2 aromatic rings. The van der Waals surface area contributed by atoms with Crippen molar-refractivity contribution in [2.24, 2.45) is 0 Å². The first-order chi connectivity index (χ1) is 15.6. The number of nitrogens with one attached hydrogen (secondary N) is 1. The molecule has 1 aliphatic rings. The van der Waals surface area contributed by atoms with Gasteiger partial charge in [0.15, 0.2) is 0 Å². The van der Waals surface area contributed by atoms with E-state index < -0.39 is 5.54 Å². The fourth-order valence-electron chi connectivity index (χ4n) is 4.17. The fraction of sp³-hybridized carbons (Fsp3) is 0.538. The molecule has 0 spiro atoms. The predicted octanol–water partition coefficient (Wildman–Crippen LogP) is 5.09. The lowest BCUT2D eigenvalue weighted by Crippen LogP contribution is -2.55. The highest BCUT2D eigenvalue weighted by Crippen LogP contribution is 2.34. The van der Waals surface area contributed by atoms with Crippen molar-refractivity contribution in [2.45, 2.75) is 66.0 Å². The largest absolute Gasteiger partial charge is 0.491 e. The molecule has 180 valence electrons. The summed E-state index contributed by atoms with van der Waals surface area (Å²) in [6, 6.07) is 7.87. The molecule has 0 bridgehead atoms. The third kappa shape index (κ3) is 6.08. The number of thiophene rings is 1. The summed E-state index contributed by atoms with van der Waals surface area (Å²) in [5.74, 6) is 0.785. The van der Waals surface area contributed by atoms with Crippen molar-refractivity contribution in [3.8, 4) is 5.75 Å². The summed E-state index contributed by atoms with van der Waals surface area (Å²) in [6.07, 6.45) is 1.68. The molecule has 0 fully saturated rings. The highest BCUT2D eigenvalue weighted by atomic mass is 32.1. The van der Waals surface area contributed by atoms with Crippen LogP contribution in [0.2, 0.25) is 0 Å². The van der Waals surface area contributed by atoms with Crippen LogP contribution in [-0.2, 0) is 11.2 Å². The third-order valence-corrected chi connectivity index (χ3v) is 7.01. The Labute approximate surface area is 201 Å². The average Bonchev–Trinajstić information content (AvgIpc) is 3.23. The monoisotopic (exact) mass is 471 g/mol. The second-order valence-corrected chi connectivity index (χ2v) is 10.7. The molecule has 3 rings (SSSR count). The summed E-state index contributed by atoms with van der Waals surface area (Å²) in [5.41, 5.74) is 2.96. The van der Waals surface area contributed by atoms with Crippen LogP contribution in [0, 0.1) is 13.8 Å². The first kappa shape index (κ1) is 25.1. The van der Waals surface area contributed by atoms with E-state index in [0.29, 0.717) is 19.7 Å². The zero-order valence-electron chi connectivity index (χ0n) is 20.7. The molecule has 3 amide bonds. The van der Waals surface area contributed by atoms with Gasteiger partial charge in [-0.2, -0.15) is 0 Å². The van der Waals surface area contributed by atoms with Gasteiger partial charge < -0.3 is 19.9 Å². The number of amides is 3. The topological polar surface area (TPSA) is 61.9 Å².